The van der Waals surface area contributed by atoms with Gasteiger partial charge >= 0.3 is 0 Å². The summed E-state index contributed by atoms with van der Waals surface area (Å²) < 4.78 is 36.9. The summed E-state index contributed by atoms with van der Waals surface area (Å²) >= 11 is 0. The molecule has 0 amide bonds. The second-order valence-corrected chi connectivity index (χ2v) is 8.02. The van der Waals surface area contributed by atoms with Crippen molar-refractivity contribution in [3.63, 3.8) is 0 Å². The van der Waals surface area contributed by atoms with Crippen LogP contribution < -0.4 is 4.74 Å². The van der Waals surface area contributed by atoms with E-state index in [1.165, 1.54) is 7.11 Å². The zero-order chi connectivity index (χ0) is 18.3. The van der Waals surface area contributed by atoms with Crippen LogP contribution in [0.2, 0.25) is 0 Å². The van der Waals surface area contributed by atoms with Crippen molar-refractivity contribution in [3.05, 3.63) is 59.9 Å². The Morgan fingerprint density at radius 3 is 2.81 bits per heavy atom. The van der Waals surface area contributed by atoms with Crippen molar-refractivity contribution in [2.24, 2.45) is 0 Å². The highest BCUT2D eigenvalue weighted by molar-refractivity contribution is 7.90. The molecular formula is C19H16N2O4S. The van der Waals surface area contributed by atoms with Crippen LogP contribution in [0.5, 0.6) is 5.75 Å². The quantitative estimate of drug-likeness (QED) is 0.547. The van der Waals surface area contributed by atoms with Crippen LogP contribution in [-0.4, -0.2) is 25.7 Å². The first kappa shape index (κ1) is 16.5. The molecule has 0 N–H and O–H groups in total. The normalized spacial score (nSPS) is 11.9. The fourth-order valence-electron chi connectivity index (χ4n) is 3.09. The minimum absolute atomic E-state index is 0.194. The Bertz CT molecular complexity index is 1230. The number of aromatic nitrogens is 2. The van der Waals surface area contributed by atoms with Gasteiger partial charge in [-0.3, -0.25) is 4.98 Å². The Hall–Kier alpha value is -2.93. The molecule has 7 heteroatoms. The summed E-state index contributed by atoms with van der Waals surface area (Å²) in [7, 11) is -2.16. The maximum absolute atomic E-state index is 13.1. The zero-order valence-electron chi connectivity index (χ0n) is 14.3. The van der Waals surface area contributed by atoms with E-state index in [4.69, 9.17) is 9.26 Å². The number of hydrogen-bond donors (Lipinski definition) is 0. The van der Waals surface area contributed by atoms with Crippen molar-refractivity contribution in [2.75, 3.05) is 7.11 Å². The lowest BCUT2D eigenvalue weighted by atomic mass is 10.1. The van der Waals surface area contributed by atoms with Crippen LogP contribution in [0.1, 0.15) is 11.3 Å². The molecule has 0 aliphatic carbocycles. The molecule has 4 rings (SSSR count). The number of nitrogens with zero attached hydrogens (tertiary/aromatic N) is 2. The number of methoxy groups -OCH3 is 1. The lowest BCUT2D eigenvalue weighted by Crippen LogP contribution is -2.07. The Morgan fingerprint density at radius 1 is 1.15 bits per heavy atom. The van der Waals surface area contributed by atoms with Crippen LogP contribution in [0.4, 0.5) is 0 Å². The lowest BCUT2D eigenvalue weighted by molar-refractivity contribution is 0.419. The van der Waals surface area contributed by atoms with Gasteiger partial charge in [0.2, 0.25) is 0 Å². The van der Waals surface area contributed by atoms with Crippen molar-refractivity contribution in [1.29, 1.82) is 0 Å². The third-order valence-corrected chi connectivity index (χ3v) is 5.86. The summed E-state index contributed by atoms with van der Waals surface area (Å²) in [6, 6.07) is 12.4. The molecule has 2 aromatic carbocycles. The van der Waals surface area contributed by atoms with E-state index in [0.29, 0.717) is 27.9 Å². The molecule has 0 atom stereocenters. The van der Waals surface area contributed by atoms with Crippen LogP contribution in [0.15, 0.2) is 58.1 Å². The summed E-state index contributed by atoms with van der Waals surface area (Å²) in [4.78, 5) is 4.46. The highest BCUT2D eigenvalue weighted by atomic mass is 32.2. The van der Waals surface area contributed by atoms with Crippen LogP contribution in [0, 0.1) is 6.92 Å². The van der Waals surface area contributed by atoms with Gasteiger partial charge in [0.15, 0.2) is 15.4 Å². The van der Waals surface area contributed by atoms with Gasteiger partial charge in [-0.2, -0.15) is 0 Å². The van der Waals surface area contributed by atoms with E-state index in [-0.39, 0.29) is 10.6 Å². The van der Waals surface area contributed by atoms with Gasteiger partial charge < -0.3 is 9.26 Å². The van der Waals surface area contributed by atoms with Crippen molar-refractivity contribution < 1.29 is 17.7 Å². The molecule has 0 bridgehead atoms. The van der Waals surface area contributed by atoms with Gasteiger partial charge in [-0.1, -0.05) is 17.3 Å². The molecule has 0 aliphatic heterocycles. The first-order chi connectivity index (χ1) is 12.5. The van der Waals surface area contributed by atoms with Crippen LogP contribution in [0.25, 0.3) is 21.9 Å². The fraction of sp³-hybridized carbons (Fsp3) is 0.158. The van der Waals surface area contributed by atoms with E-state index in [1.807, 2.05) is 19.1 Å². The molecule has 2 heterocycles. The van der Waals surface area contributed by atoms with Gasteiger partial charge in [0.25, 0.3) is 0 Å². The number of ether oxygens (including phenoxy) is 1. The highest BCUT2D eigenvalue weighted by Crippen LogP contribution is 2.32. The molecule has 0 aliphatic rings. The predicted octanol–water partition coefficient (Wildman–Crippen LogP) is 3.67. The monoisotopic (exact) mass is 368 g/mol. The second kappa shape index (κ2) is 6.10. The predicted molar refractivity (Wildman–Crippen MR) is 97.9 cm³/mol. The van der Waals surface area contributed by atoms with E-state index in [2.05, 4.69) is 10.1 Å². The van der Waals surface area contributed by atoms with Crippen molar-refractivity contribution in [3.8, 4) is 5.75 Å². The summed E-state index contributed by atoms with van der Waals surface area (Å²) in [5.74, 6) is 0.233. The molecule has 132 valence electrons. The van der Waals surface area contributed by atoms with Gasteiger partial charge in [-0.15, -0.1) is 0 Å². The number of aryl methyl sites for hydroxylation is 1. The SMILES string of the molecule is COc1cccc2onc(CS(=O)(=O)c3cc(C)cc4cccnc34)c12. The summed E-state index contributed by atoms with van der Waals surface area (Å²) in [5.41, 5.74) is 2.12. The van der Waals surface area contributed by atoms with E-state index < -0.39 is 9.84 Å². The van der Waals surface area contributed by atoms with E-state index in [0.717, 1.165) is 10.9 Å². The Balaban J connectivity index is 1.87. The van der Waals surface area contributed by atoms with Gasteiger partial charge in [-0.25, -0.2) is 8.42 Å². The highest BCUT2D eigenvalue weighted by Gasteiger charge is 2.24. The number of sulfone groups is 1. The van der Waals surface area contributed by atoms with E-state index in [9.17, 15) is 8.42 Å². The van der Waals surface area contributed by atoms with Gasteiger partial charge in [-0.05, 0) is 42.8 Å². The van der Waals surface area contributed by atoms with Crippen molar-refractivity contribution in [2.45, 2.75) is 17.6 Å². The molecule has 4 aromatic rings. The average molecular weight is 368 g/mol. The molecule has 0 radical (unpaired) electrons. The van der Waals surface area contributed by atoms with Gasteiger partial charge in [0.1, 0.15) is 17.2 Å². The smallest absolute Gasteiger partial charge is 0.186 e. The first-order valence-electron chi connectivity index (χ1n) is 7.99. The number of pyridine rings is 1. The molecule has 0 fully saturated rings. The summed E-state index contributed by atoms with van der Waals surface area (Å²) in [6.07, 6.45) is 1.59. The standard InChI is InChI=1S/C19H16N2O4S/c1-12-9-13-5-4-8-20-19(13)17(10-12)26(22,23)11-14-18-15(24-2)6-3-7-16(18)25-21-14/h3-10H,11H2,1-2H3. The largest absolute Gasteiger partial charge is 0.496 e. The Kier molecular flexibility index (Phi) is 3.88. The molecule has 0 spiro atoms. The lowest BCUT2D eigenvalue weighted by Gasteiger charge is -2.08. The van der Waals surface area contributed by atoms with E-state index in [1.54, 1.807) is 36.5 Å². The number of hydrogen-bond acceptors (Lipinski definition) is 6. The average Bonchev–Trinajstić information content (AvgIpc) is 3.03. The zero-order valence-corrected chi connectivity index (χ0v) is 15.1. The fourth-order valence-corrected chi connectivity index (χ4v) is 4.63. The van der Waals surface area contributed by atoms with Crippen LogP contribution in [0.3, 0.4) is 0 Å². The van der Waals surface area contributed by atoms with Crippen LogP contribution in [-0.2, 0) is 15.6 Å². The summed E-state index contributed by atoms with van der Waals surface area (Å²) in [5, 5.41) is 5.32. The maximum atomic E-state index is 13.1. The minimum atomic E-state index is -3.69. The third kappa shape index (κ3) is 2.70. The summed E-state index contributed by atoms with van der Waals surface area (Å²) in [6.45, 7) is 1.86. The Morgan fingerprint density at radius 2 is 2.00 bits per heavy atom. The Labute approximate surface area is 150 Å². The van der Waals surface area contributed by atoms with Crippen LogP contribution >= 0.6 is 0 Å². The third-order valence-electron chi connectivity index (χ3n) is 4.23. The topological polar surface area (TPSA) is 82.3 Å². The first-order valence-corrected chi connectivity index (χ1v) is 9.64. The van der Waals surface area contributed by atoms with Gasteiger partial charge in [0, 0.05) is 11.6 Å². The molecular weight excluding hydrogens is 352 g/mol. The molecule has 2 aromatic heterocycles. The molecule has 26 heavy (non-hydrogen) atoms. The van der Waals surface area contributed by atoms with Gasteiger partial charge in [0.05, 0.1) is 22.9 Å². The van der Waals surface area contributed by atoms with E-state index >= 15 is 0 Å². The molecule has 0 saturated heterocycles. The number of benzene rings is 2. The number of rotatable bonds is 4. The van der Waals surface area contributed by atoms with Crippen molar-refractivity contribution >= 4 is 31.7 Å². The maximum Gasteiger partial charge on any atom is 0.186 e. The number of fused-ring (bicyclic) bond motifs is 2. The molecule has 0 saturated carbocycles. The van der Waals surface area contributed by atoms with Crippen molar-refractivity contribution in [1.82, 2.24) is 10.1 Å². The molecule has 0 unspecified atom stereocenters. The molecule has 6 nitrogen and oxygen atoms in total. The minimum Gasteiger partial charge on any atom is -0.496 e. The second-order valence-electron chi connectivity index (χ2n) is 6.06.